The molecule has 0 heterocycles. The molecule has 0 radical (unpaired) electrons. The Morgan fingerprint density at radius 3 is 2.22 bits per heavy atom. The molecule has 0 aliphatic carbocycles. The number of carbonyl (C=O) groups excluding carboxylic acids is 1. The zero-order valence-electron chi connectivity index (χ0n) is 12.8. The van der Waals surface area contributed by atoms with Crippen molar-refractivity contribution in [3.8, 4) is 0 Å². The highest BCUT2D eigenvalue weighted by atomic mass is 35.6. The minimum absolute atomic E-state index is 0.0148. The summed E-state index contributed by atoms with van der Waals surface area (Å²) in [5.74, 6) is -0.873. The van der Waals surface area contributed by atoms with Gasteiger partial charge in [0.2, 0.25) is 3.79 Å². The first kappa shape index (κ1) is 19.9. The number of halogens is 3. The number of carboxylic acid groups (broad SMARTS) is 1. The van der Waals surface area contributed by atoms with Crippen LogP contribution in [-0.4, -0.2) is 45.6 Å². The Labute approximate surface area is 150 Å². The van der Waals surface area contributed by atoms with Gasteiger partial charge < -0.3 is 14.7 Å². The van der Waals surface area contributed by atoms with Crippen LogP contribution in [0.5, 0.6) is 0 Å². The summed E-state index contributed by atoms with van der Waals surface area (Å²) in [6.07, 6.45) is -0.00227. The quantitative estimate of drug-likeness (QED) is 0.762. The number of alkyl halides is 3. The predicted molar refractivity (Wildman–Crippen MR) is 90.3 cm³/mol. The summed E-state index contributed by atoms with van der Waals surface area (Å²) in [7, 11) is 1.60. The minimum atomic E-state index is -1.64. The molecule has 1 atom stereocenters. The summed E-state index contributed by atoms with van der Waals surface area (Å²) in [4.78, 5) is 23.9. The van der Waals surface area contributed by atoms with Crippen LogP contribution in [0.25, 0.3) is 0 Å². The molecule has 1 amide bonds. The molecule has 1 unspecified atom stereocenters. The van der Waals surface area contributed by atoms with Crippen molar-refractivity contribution in [3.63, 3.8) is 0 Å². The van der Waals surface area contributed by atoms with Crippen molar-refractivity contribution in [2.75, 3.05) is 13.7 Å². The van der Waals surface area contributed by atoms with E-state index in [4.69, 9.17) is 44.6 Å². The first-order valence-corrected chi connectivity index (χ1v) is 7.98. The molecule has 0 aromatic heterocycles. The van der Waals surface area contributed by atoms with E-state index < -0.39 is 15.9 Å². The molecule has 23 heavy (non-hydrogen) atoms. The highest BCUT2D eigenvalue weighted by molar-refractivity contribution is 6.67. The zero-order valence-corrected chi connectivity index (χ0v) is 15.0. The number of nitrogens with zero attached hydrogens (tertiary/aromatic N) is 1. The Bertz CT molecular complexity index is 543. The molecule has 128 valence electrons. The van der Waals surface area contributed by atoms with E-state index in [1.807, 2.05) is 19.1 Å². The van der Waals surface area contributed by atoms with Gasteiger partial charge in [-0.2, -0.15) is 0 Å². The highest BCUT2D eigenvalue weighted by Gasteiger charge is 2.25. The smallest absolute Gasteiger partial charge is 0.409 e. The third-order valence-corrected chi connectivity index (χ3v) is 3.55. The summed E-state index contributed by atoms with van der Waals surface area (Å²) in [5.41, 5.74) is 1.71. The maximum atomic E-state index is 11.9. The van der Waals surface area contributed by atoms with Crippen molar-refractivity contribution in [2.24, 2.45) is 0 Å². The lowest BCUT2D eigenvalue weighted by atomic mass is 10.0. The first-order chi connectivity index (χ1) is 10.6. The maximum Gasteiger partial charge on any atom is 0.409 e. The monoisotopic (exact) mass is 381 g/mol. The van der Waals surface area contributed by atoms with Crippen LogP contribution in [0.4, 0.5) is 4.79 Å². The minimum Gasteiger partial charge on any atom is -0.481 e. The molecule has 0 aliphatic rings. The second-order valence-electron chi connectivity index (χ2n) is 5.22. The first-order valence-electron chi connectivity index (χ1n) is 6.84. The summed E-state index contributed by atoms with van der Waals surface area (Å²) in [6, 6.07) is 7.07. The zero-order chi connectivity index (χ0) is 17.6. The fourth-order valence-electron chi connectivity index (χ4n) is 1.87. The topological polar surface area (TPSA) is 66.8 Å². The highest BCUT2D eigenvalue weighted by Crippen LogP contribution is 2.26. The van der Waals surface area contributed by atoms with Crippen molar-refractivity contribution >= 4 is 46.9 Å². The molecule has 1 aromatic carbocycles. The molecule has 1 rings (SSSR count). The number of amides is 1. The van der Waals surface area contributed by atoms with Gasteiger partial charge in [-0.1, -0.05) is 59.1 Å². The van der Waals surface area contributed by atoms with Gasteiger partial charge in [-0.15, -0.1) is 0 Å². The van der Waals surface area contributed by atoms with E-state index in [9.17, 15) is 9.59 Å². The van der Waals surface area contributed by atoms with Crippen molar-refractivity contribution < 1.29 is 19.4 Å². The van der Waals surface area contributed by atoms with E-state index >= 15 is 0 Å². The normalized spacial score (nSPS) is 12.6. The van der Waals surface area contributed by atoms with Crippen LogP contribution in [0.2, 0.25) is 0 Å². The lowest BCUT2D eigenvalue weighted by Gasteiger charge is -2.25. The van der Waals surface area contributed by atoms with Crippen LogP contribution >= 0.6 is 34.8 Å². The van der Waals surface area contributed by atoms with E-state index in [0.717, 1.165) is 11.1 Å². The molecule has 5 nitrogen and oxygen atoms in total. The van der Waals surface area contributed by atoms with Crippen LogP contribution < -0.4 is 0 Å². The summed E-state index contributed by atoms with van der Waals surface area (Å²) in [5, 5.41) is 8.74. The van der Waals surface area contributed by atoms with E-state index in [1.54, 1.807) is 19.2 Å². The fraction of sp³-hybridized carbons (Fsp3) is 0.467. The Hall–Kier alpha value is -1.17. The second kappa shape index (κ2) is 8.62. The Morgan fingerprint density at radius 2 is 1.74 bits per heavy atom. The Balaban J connectivity index is 2.55. The van der Waals surface area contributed by atoms with E-state index in [-0.39, 0.29) is 19.1 Å². The van der Waals surface area contributed by atoms with Crippen molar-refractivity contribution in [1.82, 2.24) is 4.90 Å². The maximum absolute atomic E-state index is 11.9. The van der Waals surface area contributed by atoms with Crippen LogP contribution in [0.3, 0.4) is 0 Å². The molecule has 0 spiro atoms. The number of carboxylic acids is 1. The average molecular weight is 383 g/mol. The number of carbonyl (C=O) groups is 2. The van der Waals surface area contributed by atoms with Gasteiger partial charge >= 0.3 is 12.1 Å². The van der Waals surface area contributed by atoms with E-state index in [1.165, 1.54) is 4.90 Å². The molecule has 0 saturated carbocycles. The number of hydrogen-bond donors (Lipinski definition) is 1. The number of aliphatic carboxylic acids is 1. The van der Waals surface area contributed by atoms with Gasteiger partial charge in [0.15, 0.2) is 0 Å². The number of hydrogen-bond acceptors (Lipinski definition) is 3. The lowest BCUT2D eigenvalue weighted by molar-refractivity contribution is -0.136. The summed E-state index contributed by atoms with van der Waals surface area (Å²) < 4.78 is 3.28. The second-order valence-corrected chi connectivity index (χ2v) is 7.74. The van der Waals surface area contributed by atoms with Crippen LogP contribution in [0, 0.1) is 0 Å². The Morgan fingerprint density at radius 1 is 1.22 bits per heavy atom. The molecule has 0 saturated heterocycles. The predicted octanol–water partition coefficient (Wildman–Crippen LogP) is 3.68. The SMILES string of the molecule is CC(Cc1ccc(CC(=O)O)cc1)N(C)C(=O)OCC(Cl)(Cl)Cl. The molecule has 1 N–H and O–H groups in total. The van der Waals surface area contributed by atoms with Crippen molar-refractivity contribution in [1.29, 1.82) is 0 Å². The van der Waals surface area contributed by atoms with Crippen molar-refractivity contribution in [2.45, 2.75) is 29.6 Å². The third kappa shape index (κ3) is 7.77. The molecule has 0 bridgehead atoms. The van der Waals surface area contributed by atoms with Gasteiger partial charge in [-0.3, -0.25) is 4.79 Å². The molecular weight excluding hydrogens is 365 g/mol. The van der Waals surface area contributed by atoms with Gasteiger partial charge in [-0.05, 0) is 24.5 Å². The van der Waals surface area contributed by atoms with Crippen LogP contribution in [0.1, 0.15) is 18.1 Å². The largest absolute Gasteiger partial charge is 0.481 e. The molecular formula is C15H18Cl3NO4. The number of rotatable bonds is 6. The number of ether oxygens (including phenoxy) is 1. The van der Waals surface area contributed by atoms with Gasteiger partial charge in [0.05, 0.1) is 6.42 Å². The van der Waals surface area contributed by atoms with Crippen molar-refractivity contribution in [3.05, 3.63) is 35.4 Å². The standard InChI is InChI=1S/C15H18Cl3NO4/c1-10(19(2)14(22)23-9-15(16,17)18)7-11-3-5-12(6-4-11)8-13(20)21/h3-6,10H,7-9H2,1-2H3,(H,20,21). The van der Waals surface area contributed by atoms with Gasteiger partial charge in [-0.25, -0.2) is 4.79 Å². The Kier molecular flexibility index (Phi) is 7.45. The lowest BCUT2D eigenvalue weighted by Crippen LogP contribution is -2.38. The van der Waals surface area contributed by atoms with Gasteiger partial charge in [0.25, 0.3) is 0 Å². The van der Waals surface area contributed by atoms with E-state index in [2.05, 4.69) is 0 Å². The van der Waals surface area contributed by atoms with Crippen LogP contribution in [0.15, 0.2) is 24.3 Å². The van der Waals surface area contributed by atoms with Gasteiger partial charge in [0.1, 0.15) is 6.61 Å². The molecule has 1 aromatic rings. The fourth-order valence-corrected chi connectivity index (χ4v) is 2.03. The third-order valence-electron chi connectivity index (χ3n) is 3.22. The van der Waals surface area contributed by atoms with Crippen LogP contribution in [-0.2, 0) is 22.4 Å². The molecule has 0 fully saturated rings. The van der Waals surface area contributed by atoms with E-state index in [0.29, 0.717) is 6.42 Å². The average Bonchev–Trinajstić information content (AvgIpc) is 2.44. The molecule has 8 heteroatoms. The summed E-state index contributed by atoms with van der Waals surface area (Å²) >= 11 is 16.6. The van der Waals surface area contributed by atoms with Gasteiger partial charge in [0, 0.05) is 13.1 Å². The summed E-state index contributed by atoms with van der Waals surface area (Å²) in [6.45, 7) is 1.54. The number of likely N-dealkylation sites (N-methyl/N-ethyl adjacent to an activating group) is 1. The molecule has 0 aliphatic heterocycles. The number of benzene rings is 1.